The van der Waals surface area contributed by atoms with Crippen molar-refractivity contribution in [3.8, 4) is 0 Å². The van der Waals surface area contributed by atoms with E-state index in [-0.39, 0.29) is 36.8 Å². The molecule has 5 nitrogen and oxygen atoms in total. The van der Waals surface area contributed by atoms with Crippen molar-refractivity contribution < 1.29 is 4.79 Å². The second kappa shape index (κ2) is 8.49. The first-order valence-electron chi connectivity index (χ1n) is 6.60. The number of aromatic nitrogens is 2. The molecule has 1 amide bonds. The van der Waals surface area contributed by atoms with Crippen LogP contribution in [0.2, 0.25) is 0 Å². The Kier molecular flexibility index (Phi) is 8.16. The Bertz CT molecular complexity index is 436. The molecule has 0 aromatic carbocycles. The van der Waals surface area contributed by atoms with E-state index in [2.05, 4.69) is 10.4 Å². The first kappa shape index (κ1) is 19.2. The van der Waals surface area contributed by atoms with Crippen LogP contribution in [-0.4, -0.2) is 28.3 Å². The van der Waals surface area contributed by atoms with Gasteiger partial charge in [-0.1, -0.05) is 6.42 Å². The second-order valence-corrected chi connectivity index (χ2v) is 5.19. The van der Waals surface area contributed by atoms with E-state index in [1.807, 2.05) is 19.9 Å². The lowest BCUT2D eigenvalue weighted by Gasteiger charge is -2.19. The number of nitrogens with zero attached hydrogens (tertiary/aromatic N) is 2. The second-order valence-electron chi connectivity index (χ2n) is 5.19. The Morgan fingerprint density at radius 1 is 1.45 bits per heavy atom. The Morgan fingerprint density at radius 2 is 2.15 bits per heavy atom. The molecule has 2 atom stereocenters. The molecule has 1 aliphatic rings. The number of carbonyl (C=O) groups excluding carboxylic acids is 1. The molecule has 2 unspecified atom stereocenters. The van der Waals surface area contributed by atoms with Gasteiger partial charge in [-0.3, -0.25) is 9.48 Å². The average Bonchev–Trinajstić information content (AvgIpc) is 2.86. The molecule has 116 valence electrons. The number of hydrogen-bond donors (Lipinski definition) is 2. The minimum atomic E-state index is 0. The number of aryl methyl sites for hydroxylation is 2. The number of hydrogen-bond acceptors (Lipinski definition) is 3. The van der Waals surface area contributed by atoms with E-state index in [1.165, 1.54) is 0 Å². The van der Waals surface area contributed by atoms with Gasteiger partial charge in [-0.15, -0.1) is 24.8 Å². The molecule has 0 bridgehead atoms. The molecule has 0 saturated heterocycles. The van der Waals surface area contributed by atoms with Gasteiger partial charge in [0.1, 0.15) is 6.54 Å². The van der Waals surface area contributed by atoms with E-state index in [0.717, 1.165) is 30.7 Å². The Hall–Kier alpha value is -0.780. The van der Waals surface area contributed by atoms with Crippen LogP contribution in [0.3, 0.4) is 0 Å². The molecule has 0 radical (unpaired) electrons. The maximum Gasteiger partial charge on any atom is 0.241 e. The van der Waals surface area contributed by atoms with E-state index >= 15 is 0 Å². The molecular weight excluding hydrogens is 299 g/mol. The molecular formula is C13H24Cl2N4O. The minimum absolute atomic E-state index is 0. The highest BCUT2D eigenvalue weighted by Crippen LogP contribution is 2.24. The van der Waals surface area contributed by atoms with Crippen LogP contribution in [0.5, 0.6) is 0 Å². The Morgan fingerprint density at radius 3 is 2.70 bits per heavy atom. The van der Waals surface area contributed by atoms with E-state index in [9.17, 15) is 4.79 Å². The number of carbonyl (C=O) groups is 1. The Balaban J connectivity index is 0.00000180. The maximum atomic E-state index is 12.0. The van der Waals surface area contributed by atoms with Gasteiger partial charge in [0.25, 0.3) is 0 Å². The lowest BCUT2D eigenvalue weighted by atomic mass is 10.0. The summed E-state index contributed by atoms with van der Waals surface area (Å²) >= 11 is 0. The van der Waals surface area contributed by atoms with E-state index in [4.69, 9.17) is 5.73 Å². The van der Waals surface area contributed by atoms with Gasteiger partial charge in [0, 0.05) is 11.7 Å². The molecule has 0 spiro atoms. The fraction of sp³-hybridized carbons (Fsp3) is 0.692. The minimum Gasteiger partial charge on any atom is -0.351 e. The number of nitrogens with two attached hydrogens (primary N) is 1. The van der Waals surface area contributed by atoms with Gasteiger partial charge in [-0.25, -0.2) is 0 Å². The lowest BCUT2D eigenvalue weighted by Crippen LogP contribution is -2.41. The number of halogens is 2. The molecule has 3 N–H and O–H groups in total. The van der Waals surface area contributed by atoms with Gasteiger partial charge in [0.05, 0.1) is 5.69 Å². The smallest absolute Gasteiger partial charge is 0.241 e. The maximum absolute atomic E-state index is 12.0. The van der Waals surface area contributed by atoms with Gasteiger partial charge < -0.3 is 11.1 Å². The van der Waals surface area contributed by atoms with E-state index < -0.39 is 0 Å². The fourth-order valence-electron chi connectivity index (χ4n) is 2.73. The summed E-state index contributed by atoms with van der Waals surface area (Å²) in [6.07, 6.45) is 3.33. The summed E-state index contributed by atoms with van der Waals surface area (Å²) in [7, 11) is 0. The van der Waals surface area contributed by atoms with Gasteiger partial charge >= 0.3 is 0 Å². The zero-order valence-corrected chi connectivity index (χ0v) is 13.6. The first-order valence-corrected chi connectivity index (χ1v) is 6.60. The van der Waals surface area contributed by atoms with Crippen molar-refractivity contribution in [3.63, 3.8) is 0 Å². The summed E-state index contributed by atoms with van der Waals surface area (Å²) in [5, 5.41) is 7.38. The molecule has 1 heterocycles. The summed E-state index contributed by atoms with van der Waals surface area (Å²) in [6, 6.07) is 2.23. The summed E-state index contributed by atoms with van der Waals surface area (Å²) in [5.74, 6) is 0.473. The van der Waals surface area contributed by atoms with Crippen molar-refractivity contribution >= 4 is 30.7 Å². The summed E-state index contributed by atoms with van der Waals surface area (Å²) in [5.41, 5.74) is 7.67. The van der Waals surface area contributed by atoms with Crippen LogP contribution >= 0.6 is 24.8 Å². The molecule has 1 saturated carbocycles. The molecule has 0 aliphatic heterocycles. The third-order valence-electron chi connectivity index (χ3n) is 3.70. The highest BCUT2D eigenvalue weighted by Gasteiger charge is 2.27. The standard InChI is InChI=1S/C13H22N4O.2ClH/c1-9-6-10(2)17(16-9)8-13(18)15-12-5-3-4-11(12)7-14;;/h6,11-12H,3-5,7-8,14H2,1-2H3,(H,15,18);2*1H. The molecule has 1 aliphatic carbocycles. The third-order valence-corrected chi connectivity index (χ3v) is 3.70. The predicted octanol–water partition coefficient (Wildman–Crippen LogP) is 1.59. The van der Waals surface area contributed by atoms with E-state index in [1.54, 1.807) is 4.68 Å². The summed E-state index contributed by atoms with van der Waals surface area (Å²) in [6.45, 7) is 4.85. The number of nitrogens with one attached hydrogen (secondary N) is 1. The zero-order valence-electron chi connectivity index (χ0n) is 12.0. The third kappa shape index (κ3) is 4.65. The van der Waals surface area contributed by atoms with Crippen molar-refractivity contribution in [2.24, 2.45) is 11.7 Å². The summed E-state index contributed by atoms with van der Waals surface area (Å²) < 4.78 is 1.75. The first-order chi connectivity index (χ1) is 8.60. The molecule has 20 heavy (non-hydrogen) atoms. The van der Waals surface area contributed by atoms with Crippen molar-refractivity contribution in [1.29, 1.82) is 0 Å². The van der Waals surface area contributed by atoms with E-state index in [0.29, 0.717) is 19.0 Å². The van der Waals surface area contributed by atoms with Gasteiger partial charge in [-0.05, 0) is 45.2 Å². The highest BCUT2D eigenvalue weighted by molar-refractivity contribution is 5.85. The molecule has 1 aromatic heterocycles. The summed E-state index contributed by atoms with van der Waals surface area (Å²) in [4.78, 5) is 12.0. The van der Waals surface area contributed by atoms with Crippen LogP contribution in [0.25, 0.3) is 0 Å². The Labute approximate surface area is 132 Å². The molecule has 2 rings (SSSR count). The van der Waals surface area contributed by atoms with Crippen molar-refractivity contribution in [2.45, 2.75) is 45.7 Å². The van der Waals surface area contributed by atoms with Crippen molar-refractivity contribution in [2.75, 3.05) is 6.54 Å². The van der Waals surface area contributed by atoms with Crippen molar-refractivity contribution in [1.82, 2.24) is 15.1 Å². The van der Waals surface area contributed by atoms with Gasteiger partial charge in [0.2, 0.25) is 5.91 Å². The van der Waals surface area contributed by atoms with Crippen LogP contribution in [0.1, 0.15) is 30.7 Å². The number of amides is 1. The molecule has 1 aromatic rings. The van der Waals surface area contributed by atoms with Gasteiger partial charge in [0.15, 0.2) is 0 Å². The molecule has 1 fully saturated rings. The quantitative estimate of drug-likeness (QED) is 0.884. The van der Waals surface area contributed by atoms with Crippen LogP contribution in [-0.2, 0) is 11.3 Å². The van der Waals surface area contributed by atoms with Crippen LogP contribution < -0.4 is 11.1 Å². The zero-order chi connectivity index (χ0) is 13.1. The predicted molar refractivity (Wildman–Crippen MR) is 84.5 cm³/mol. The van der Waals surface area contributed by atoms with Crippen LogP contribution in [0.15, 0.2) is 6.07 Å². The van der Waals surface area contributed by atoms with Crippen molar-refractivity contribution in [3.05, 3.63) is 17.5 Å². The lowest BCUT2D eigenvalue weighted by molar-refractivity contribution is -0.122. The largest absolute Gasteiger partial charge is 0.351 e. The van der Waals surface area contributed by atoms with Gasteiger partial charge in [-0.2, -0.15) is 5.10 Å². The normalized spacial score (nSPS) is 20.9. The van der Waals surface area contributed by atoms with Crippen LogP contribution in [0.4, 0.5) is 0 Å². The van der Waals surface area contributed by atoms with Crippen LogP contribution in [0, 0.1) is 19.8 Å². The number of rotatable bonds is 4. The molecule has 7 heteroatoms. The SMILES string of the molecule is Cc1cc(C)n(CC(=O)NC2CCCC2CN)n1.Cl.Cl. The fourth-order valence-corrected chi connectivity index (χ4v) is 2.73. The monoisotopic (exact) mass is 322 g/mol. The average molecular weight is 323 g/mol. The topological polar surface area (TPSA) is 72.9 Å². The highest BCUT2D eigenvalue weighted by atomic mass is 35.5.